The summed E-state index contributed by atoms with van der Waals surface area (Å²) in [6.45, 7) is 2.53. The molecular weight excluding hydrogens is 374 g/mol. The molecule has 0 radical (unpaired) electrons. The highest BCUT2D eigenvalue weighted by Crippen LogP contribution is 2.20. The van der Waals surface area contributed by atoms with Gasteiger partial charge in [0.15, 0.2) is 16.4 Å². The fourth-order valence-corrected chi connectivity index (χ4v) is 2.97. The van der Waals surface area contributed by atoms with Crippen molar-refractivity contribution in [2.75, 3.05) is 12.9 Å². The Morgan fingerprint density at radius 3 is 2.30 bits per heavy atom. The van der Waals surface area contributed by atoms with Crippen molar-refractivity contribution in [2.45, 2.75) is 18.7 Å². The van der Waals surface area contributed by atoms with Crippen molar-refractivity contribution in [3.05, 3.63) is 68.8 Å². The lowest BCUT2D eigenvalue weighted by molar-refractivity contribution is -0.385. The van der Waals surface area contributed by atoms with Gasteiger partial charge < -0.3 is 4.74 Å². The standard InChI is InChI=1S/C18H17NO7S/c1-11-5-7-14(27(3,24)25)9-15(11)18(21)26-10-17(20)13-6-4-12(2)16(8-13)19(22)23/h4-9H,10H2,1-3H3. The molecule has 0 aliphatic carbocycles. The number of ketones is 1. The van der Waals surface area contributed by atoms with Crippen LogP contribution in [0.25, 0.3) is 0 Å². The van der Waals surface area contributed by atoms with E-state index in [0.29, 0.717) is 11.1 Å². The molecule has 0 bridgehead atoms. The lowest BCUT2D eigenvalue weighted by Gasteiger charge is -2.09. The van der Waals surface area contributed by atoms with Gasteiger partial charge in [-0.2, -0.15) is 0 Å². The number of carbonyl (C=O) groups excluding carboxylic acids is 2. The number of nitro groups is 1. The summed E-state index contributed by atoms with van der Waals surface area (Å²) in [5, 5.41) is 11.0. The number of carbonyl (C=O) groups is 2. The Balaban J connectivity index is 2.18. The van der Waals surface area contributed by atoms with Crippen LogP contribution in [0, 0.1) is 24.0 Å². The summed E-state index contributed by atoms with van der Waals surface area (Å²) in [6.07, 6.45) is 1.01. The molecule has 0 saturated heterocycles. The van der Waals surface area contributed by atoms with Crippen LogP contribution in [-0.4, -0.2) is 38.0 Å². The molecule has 2 aromatic rings. The monoisotopic (exact) mass is 391 g/mol. The highest BCUT2D eigenvalue weighted by atomic mass is 32.2. The van der Waals surface area contributed by atoms with E-state index in [9.17, 15) is 28.1 Å². The van der Waals surface area contributed by atoms with Crippen LogP contribution in [0.1, 0.15) is 31.8 Å². The zero-order valence-corrected chi connectivity index (χ0v) is 15.7. The summed E-state index contributed by atoms with van der Waals surface area (Å²) in [5.41, 5.74) is 0.763. The Morgan fingerprint density at radius 1 is 1.07 bits per heavy atom. The highest BCUT2D eigenvalue weighted by Gasteiger charge is 2.19. The molecule has 0 spiro atoms. The van der Waals surface area contributed by atoms with Crippen molar-refractivity contribution in [1.82, 2.24) is 0 Å². The Kier molecular flexibility index (Phi) is 5.75. The molecule has 0 aliphatic heterocycles. The van der Waals surface area contributed by atoms with Gasteiger partial charge in [-0.05, 0) is 31.5 Å². The first kappa shape index (κ1) is 20.2. The summed E-state index contributed by atoms with van der Waals surface area (Å²) in [5.74, 6) is -1.46. The molecule has 9 heteroatoms. The first-order chi connectivity index (χ1) is 12.5. The normalized spacial score (nSPS) is 11.1. The molecular formula is C18H17NO7S. The number of esters is 1. The first-order valence-electron chi connectivity index (χ1n) is 7.77. The molecule has 0 fully saturated rings. The number of rotatable bonds is 6. The summed E-state index contributed by atoms with van der Waals surface area (Å²) in [7, 11) is -3.51. The van der Waals surface area contributed by atoms with E-state index in [1.54, 1.807) is 13.8 Å². The van der Waals surface area contributed by atoms with Gasteiger partial charge in [-0.25, -0.2) is 13.2 Å². The molecule has 142 valence electrons. The van der Waals surface area contributed by atoms with Crippen molar-refractivity contribution >= 4 is 27.3 Å². The van der Waals surface area contributed by atoms with Gasteiger partial charge in [-0.15, -0.1) is 0 Å². The lowest BCUT2D eigenvalue weighted by Crippen LogP contribution is -2.16. The first-order valence-corrected chi connectivity index (χ1v) is 9.66. The van der Waals surface area contributed by atoms with Gasteiger partial charge in [0.1, 0.15) is 0 Å². The molecule has 0 N–H and O–H groups in total. The summed E-state index contributed by atoms with van der Waals surface area (Å²) in [4.78, 5) is 34.7. The number of benzene rings is 2. The van der Waals surface area contributed by atoms with Crippen molar-refractivity contribution < 1.29 is 27.7 Å². The zero-order valence-electron chi connectivity index (χ0n) is 14.9. The maximum atomic E-state index is 12.2. The second kappa shape index (κ2) is 7.67. The minimum Gasteiger partial charge on any atom is -0.454 e. The van der Waals surface area contributed by atoms with E-state index < -0.39 is 33.1 Å². The number of ether oxygens (including phenoxy) is 1. The molecule has 8 nitrogen and oxygen atoms in total. The van der Waals surface area contributed by atoms with Crippen LogP contribution in [0.3, 0.4) is 0 Å². The van der Waals surface area contributed by atoms with E-state index in [4.69, 9.17) is 4.74 Å². The Labute approximate surface area is 155 Å². The minimum absolute atomic E-state index is 0.0283. The van der Waals surface area contributed by atoms with Gasteiger partial charge in [0.25, 0.3) is 5.69 Å². The van der Waals surface area contributed by atoms with E-state index in [-0.39, 0.29) is 21.7 Å². The Morgan fingerprint density at radius 2 is 1.70 bits per heavy atom. The smallest absolute Gasteiger partial charge is 0.338 e. The number of Topliss-reactive ketones (excluding diaryl/α,β-unsaturated/α-hetero) is 1. The van der Waals surface area contributed by atoms with E-state index in [2.05, 4.69) is 0 Å². The minimum atomic E-state index is -3.51. The van der Waals surface area contributed by atoms with Gasteiger partial charge in [-0.1, -0.05) is 18.2 Å². The second-order valence-electron chi connectivity index (χ2n) is 6.01. The third-order valence-electron chi connectivity index (χ3n) is 3.92. The third kappa shape index (κ3) is 4.76. The number of hydrogen-bond donors (Lipinski definition) is 0. The number of nitro benzene ring substituents is 1. The van der Waals surface area contributed by atoms with Crippen molar-refractivity contribution in [3.8, 4) is 0 Å². The average Bonchev–Trinajstić information content (AvgIpc) is 2.58. The van der Waals surface area contributed by atoms with E-state index in [1.807, 2.05) is 0 Å². The predicted octanol–water partition coefficient (Wildman–Crippen LogP) is 2.65. The number of sulfone groups is 1. The molecule has 0 aliphatic rings. The van der Waals surface area contributed by atoms with Crippen LogP contribution >= 0.6 is 0 Å². The van der Waals surface area contributed by atoms with Crippen molar-refractivity contribution in [3.63, 3.8) is 0 Å². The molecule has 0 amide bonds. The molecule has 2 aromatic carbocycles. The number of aryl methyl sites for hydroxylation is 2. The lowest BCUT2D eigenvalue weighted by atomic mass is 10.1. The highest BCUT2D eigenvalue weighted by molar-refractivity contribution is 7.90. The average molecular weight is 391 g/mol. The third-order valence-corrected chi connectivity index (χ3v) is 5.03. The molecule has 0 aromatic heterocycles. The number of nitrogens with zero attached hydrogens (tertiary/aromatic N) is 1. The van der Waals surface area contributed by atoms with Crippen LogP contribution in [0.5, 0.6) is 0 Å². The van der Waals surface area contributed by atoms with E-state index in [1.165, 1.54) is 30.3 Å². The maximum absolute atomic E-state index is 12.2. The van der Waals surface area contributed by atoms with Crippen LogP contribution < -0.4 is 0 Å². The van der Waals surface area contributed by atoms with Crippen LogP contribution in [-0.2, 0) is 14.6 Å². The molecule has 0 saturated carbocycles. The SMILES string of the molecule is Cc1ccc(S(C)(=O)=O)cc1C(=O)OCC(=O)c1ccc(C)c([N+](=O)[O-])c1. The van der Waals surface area contributed by atoms with Gasteiger partial charge in [0.05, 0.1) is 15.4 Å². The largest absolute Gasteiger partial charge is 0.454 e. The molecule has 27 heavy (non-hydrogen) atoms. The van der Waals surface area contributed by atoms with Gasteiger partial charge in [0.2, 0.25) is 5.78 Å². The second-order valence-corrected chi connectivity index (χ2v) is 8.02. The van der Waals surface area contributed by atoms with Crippen LogP contribution in [0.4, 0.5) is 5.69 Å². The van der Waals surface area contributed by atoms with Crippen LogP contribution in [0.2, 0.25) is 0 Å². The quantitative estimate of drug-likeness (QED) is 0.321. The number of hydrogen-bond acceptors (Lipinski definition) is 7. The van der Waals surface area contributed by atoms with Crippen molar-refractivity contribution in [1.29, 1.82) is 0 Å². The fraction of sp³-hybridized carbons (Fsp3) is 0.222. The molecule has 0 atom stereocenters. The van der Waals surface area contributed by atoms with Crippen LogP contribution in [0.15, 0.2) is 41.3 Å². The molecule has 2 rings (SSSR count). The summed E-state index contributed by atoms with van der Waals surface area (Å²) in [6, 6.07) is 8.01. The van der Waals surface area contributed by atoms with Gasteiger partial charge in [-0.3, -0.25) is 14.9 Å². The predicted molar refractivity (Wildman–Crippen MR) is 96.7 cm³/mol. The molecule has 0 unspecified atom stereocenters. The molecule has 0 heterocycles. The van der Waals surface area contributed by atoms with E-state index >= 15 is 0 Å². The fourth-order valence-electron chi connectivity index (χ4n) is 2.32. The van der Waals surface area contributed by atoms with E-state index in [0.717, 1.165) is 12.3 Å². The van der Waals surface area contributed by atoms with Gasteiger partial charge in [0, 0.05) is 23.4 Å². The summed E-state index contributed by atoms with van der Waals surface area (Å²) >= 11 is 0. The Hall–Kier alpha value is -3.07. The summed E-state index contributed by atoms with van der Waals surface area (Å²) < 4.78 is 28.2. The van der Waals surface area contributed by atoms with Crippen molar-refractivity contribution in [2.24, 2.45) is 0 Å². The maximum Gasteiger partial charge on any atom is 0.338 e. The topological polar surface area (TPSA) is 121 Å². The van der Waals surface area contributed by atoms with Gasteiger partial charge >= 0.3 is 5.97 Å². The Bertz CT molecular complexity index is 1040. The zero-order chi connectivity index (χ0) is 20.4.